The molecule has 0 saturated carbocycles. The van der Waals surface area contributed by atoms with Crippen LogP contribution in [0, 0.1) is 5.41 Å². The summed E-state index contributed by atoms with van der Waals surface area (Å²) < 4.78 is 0. The Balaban J connectivity index is 1.86. The Labute approximate surface area is 119 Å². The van der Waals surface area contributed by atoms with Gasteiger partial charge in [0.2, 0.25) is 0 Å². The second-order valence-corrected chi connectivity index (χ2v) is 6.20. The van der Waals surface area contributed by atoms with E-state index in [1.54, 1.807) is 17.5 Å². The van der Waals surface area contributed by atoms with Crippen LogP contribution >= 0.6 is 0 Å². The van der Waals surface area contributed by atoms with Crippen LogP contribution in [0.2, 0.25) is 0 Å². The lowest BCUT2D eigenvalue weighted by Crippen LogP contribution is -2.38. The van der Waals surface area contributed by atoms with Gasteiger partial charge in [0.25, 0.3) is 0 Å². The number of hydrogen-bond acceptors (Lipinski definition) is 6. The van der Waals surface area contributed by atoms with Gasteiger partial charge in [0.15, 0.2) is 0 Å². The number of carbonyl (C=O) groups is 1. The Morgan fingerprint density at radius 1 is 1.30 bits per heavy atom. The molecule has 2 rings (SSSR count). The molecular weight excluding hydrogens is 256 g/mol. The van der Waals surface area contributed by atoms with Crippen molar-refractivity contribution in [2.75, 3.05) is 18.8 Å². The van der Waals surface area contributed by atoms with Crippen molar-refractivity contribution in [1.82, 2.24) is 15.0 Å². The van der Waals surface area contributed by atoms with Gasteiger partial charge in [-0.2, -0.15) is 0 Å². The lowest BCUT2D eigenvalue weighted by Gasteiger charge is -2.31. The van der Waals surface area contributed by atoms with E-state index in [9.17, 15) is 4.79 Å². The summed E-state index contributed by atoms with van der Waals surface area (Å²) in [6.07, 6.45) is 5.12. The zero-order valence-electron chi connectivity index (χ0n) is 12.3. The molecule has 0 unspecified atom stereocenters. The molecule has 2 N–H and O–H groups in total. The molecule has 1 aromatic heterocycles. The maximum Gasteiger partial charge on any atom is 0.330 e. The van der Waals surface area contributed by atoms with E-state index in [2.05, 4.69) is 9.97 Å². The molecule has 1 saturated heterocycles. The lowest BCUT2D eigenvalue weighted by molar-refractivity contribution is -0.204. The van der Waals surface area contributed by atoms with Crippen molar-refractivity contribution in [3.05, 3.63) is 18.1 Å². The summed E-state index contributed by atoms with van der Waals surface area (Å²) in [5, 5.41) is 1.74. The maximum atomic E-state index is 11.8. The normalized spacial score (nSPS) is 17.9. The molecule has 1 aliphatic heterocycles. The van der Waals surface area contributed by atoms with Crippen LogP contribution in [-0.4, -0.2) is 34.1 Å². The number of aromatic nitrogens is 2. The third-order valence-corrected chi connectivity index (χ3v) is 3.39. The SMILES string of the molecule is CC(C)(C)C(=O)ON1CCC(c2cnc(N)cn2)CC1. The maximum absolute atomic E-state index is 11.8. The molecule has 0 bridgehead atoms. The first-order valence-corrected chi connectivity index (χ1v) is 6.91. The molecule has 1 aliphatic rings. The van der Waals surface area contributed by atoms with Crippen LogP contribution in [0.15, 0.2) is 12.4 Å². The number of rotatable bonds is 2. The van der Waals surface area contributed by atoms with Gasteiger partial charge in [-0.3, -0.25) is 4.98 Å². The fraction of sp³-hybridized carbons (Fsp3) is 0.643. The molecule has 110 valence electrons. The van der Waals surface area contributed by atoms with Crippen molar-refractivity contribution in [2.24, 2.45) is 5.41 Å². The molecule has 2 heterocycles. The molecule has 0 aliphatic carbocycles. The van der Waals surface area contributed by atoms with Crippen molar-refractivity contribution in [3.8, 4) is 0 Å². The highest BCUT2D eigenvalue weighted by atomic mass is 16.7. The van der Waals surface area contributed by atoms with E-state index >= 15 is 0 Å². The summed E-state index contributed by atoms with van der Waals surface area (Å²) in [4.78, 5) is 25.6. The van der Waals surface area contributed by atoms with Gasteiger partial charge in [-0.15, -0.1) is 5.06 Å². The summed E-state index contributed by atoms with van der Waals surface area (Å²) in [6, 6.07) is 0. The molecule has 0 aromatic carbocycles. The number of hydroxylamine groups is 2. The van der Waals surface area contributed by atoms with Crippen LogP contribution in [0.5, 0.6) is 0 Å². The van der Waals surface area contributed by atoms with Crippen LogP contribution < -0.4 is 5.73 Å². The first-order valence-electron chi connectivity index (χ1n) is 6.91. The Morgan fingerprint density at radius 3 is 2.45 bits per heavy atom. The van der Waals surface area contributed by atoms with Crippen molar-refractivity contribution < 1.29 is 9.63 Å². The predicted molar refractivity (Wildman–Crippen MR) is 75.5 cm³/mol. The Hall–Kier alpha value is -1.69. The van der Waals surface area contributed by atoms with Gasteiger partial charge in [0.05, 0.1) is 23.5 Å². The summed E-state index contributed by atoms with van der Waals surface area (Å²) in [5.74, 6) is 0.598. The Morgan fingerprint density at radius 2 is 1.95 bits per heavy atom. The third kappa shape index (κ3) is 3.66. The predicted octanol–water partition coefficient (Wildman–Crippen LogP) is 1.74. The Bertz CT molecular complexity index is 459. The van der Waals surface area contributed by atoms with Crippen molar-refractivity contribution in [1.29, 1.82) is 0 Å². The molecule has 0 atom stereocenters. The molecule has 0 radical (unpaired) electrons. The topological polar surface area (TPSA) is 81.3 Å². The monoisotopic (exact) mass is 278 g/mol. The largest absolute Gasteiger partial charge is 0.382 e. The van der Waals surface area contributed by atoms with Crippen molar-refractivity contribution >= 4 is 11.8 Å². The van der Waals surface area contributed by atoms with Gasteiger partial charge < -0.3 is 10.6 Å². The van der Waals surface area contributed by atoms with Crippen LogP contribution in [0.4, 0.5) is 5.82 Å². The Kier molecular flexibility index (Phi) is 4.23. The van der Waals surface area contributed by atoms with Crippen molar-refractivity contribution in [2.45, 2.75) is 39.5 Å². The number of piperidine rings is 1. The highest BCUT2D eigenvalue weighted by molar-refractivity contribution is 5.75. The average molecular weight is 278 g/mol. The number of anilines is 1. The fourth-order valence-corrected chi connectivity index (χ4v) is 2.06. The average Bonchev–Trinajstić information content (AvgIpc) is 2.39. The summed E-state index contributed by atoms with van der Waals surface area (Å²) in [7, 11) is 0. The summed E-state index contributed by atoms with van der Waals surface area (Å²) in [5.41, 5.74) is 6.02. The molecule has 20 heavy (non-hydrogen) atoms. The first-order chi connectivity index (χ1) is 9.36. The van der Waals surface area contributed by atoms with E-state index < -0.39 is 5.41 Å². The molecule has 1 aromatic rings. The minimum atomic E-state index is -0.473. The minimum absolute atomic E-state index is 0.191. The molecular formula is C14H22N4O2. The van der Waals surface area contributed by atoms with E-state index in [4.69, 9.17) is 10.6 Å². The summed E-state index contributed by atoms with van der Waals surface area (Å²) in [6.45, 7) is 7.00. The molecule has 6 heteroatoms. The standard InChI is InChI=1S/C14H22N4O2/c1-14(2,3)13(19)20-18-6-4-10(5-7-18)11-8-17-12(15)9-16-11/h8-10H,4-7H2,1-3H3,(H2,15,17). The quantitative estimate of drug-likeness (QED) is 0.887. The van der Waals surface area contributed by atoms with Crippen LogP contribution in [-0.2, 0) is 9.63 Å². The molecule has 0 amide bonds. The molecule has 1 fully saturated rings. The third-order valence-electron chi connectivity index (χ3n) is 3.39. The lowest BCUT2D eigenvalue weighted by atomic mass is 9.94. The van der Waals surface area contributed by atoms with E-state index in [-0.39, 0.29) is 5.97 Å². The fourth-order valence-electron chi connectivity index (χ4n) is 2.06. The van der Waals surface area contributed by atoms with Gasteiger partial charge in [-0.05, 0) is 33.6 Å². The van der Waals surface area contributed by atoms with Crippen LogP contribution in [0.1, 0.15) is 45.2 Å². The van der Waals surface area contributed by atoms with Gasteiger partial charge >= 0.3 is 5.97 Å². The van der Waals surface area contributed by atoms with Gasteiger partial charge in [0.1, 0.15) is 5.82 Å². The smallest absolute Gasteiger partial charge is 0.330 e. The number of hydrogen-bond donors (Lipinski definition) is 1. The number of nitrogens with two attached hydrogens (primary N) is 1. The second-order valence-electron chi connectivity index (χ2n) is 6.20. The van der Waals surface area contributed by atoms with Gasteiger partial charge in [-0.1, -0.05) is 0 Å². The van der Waals surface area contributed by atoms with Crippen molar-refractivity contribution in [3.63, 3.8) is 0 Å². The second kappa shape index (κ2) is 5.75. The number of nitrogen functional groups attached to an aromatic ring is 1. The van der Waals surface area contributed by atoms with E-state index in [1.165, 1.54) is 0 Å². The van der Waals surface area contributed by atoms with E-state index in [0.717, 1.165) is 31.6 Å². The van der Waals surface area contributed by atoms with Crippen LogP contribution in [0.25, 0.3) is 0 Å². The van der Waals surface area contributed by atoms with E-state index in [0.29, 0.717) is 11.7 Å². The van der Waals surface area contributed by atoms with E-state index in [1.807, 2.05) is 20.8 Å². The number of carbonyl (C=O) groups excluding carboxylic acids is 1. The zero-order chi connectivity index (χ0) is 14.8. The molecule has 0 spiro atoms. The minimum Gasteiger partial charge on any atom is -0.382 e. The summed E-state index contributed by atoms with van der Waals surface area (Å²) >= 11 is 0. The van der Waals surface area contributed by atoms with Gasteiger partial charge in [0, 0.05) is 19.0 Å². The highest BCUT2D eigenvalue weighted by Crippen LogP contribution is 2.27. The van der Waals surface area contributed by atoms with Gasteiger partial charge in [-0.25, -0.2) is 9.78 Å². The number of nitrogens with zero attached hydrogens (tertiary/aromatic N) is 3. The first kappa shape index (κ1) is 14.7. The highest BCUT2D eigenvalue weighted by Gasteiger charge is 2.29. The zero-order valence-corrected chi connectivity index (χ0v) is 12.3. The van der Waals surface area contributed by atoms with Crippen LogP contribution in [0.3, 0.4) is 0 Å². The molecule has 6 nitrogen and oxygen atoms in total.